The number of aliphatic hydroxyl groups is 1. The van der Waals surface area contributed by atoms with Crippen molar-refractivity contribution in [2.45, 2.75) is 50.5 Å². The second-order valence-corrected chi connectivity index (χ2v) is 15.4. The summed E-state index contributed by atoms with van der Waals surface area (Å²) >= 11 is 0. The molecule has 0 bridgehead atoms. The molecular weight excluding hydrogens is 624 g/mol. The first-order chi connectivity index (χ1) is 22.0. The Morgan fingerprint density at radius 1 is 1.02 bits per heavy atom. The lowest BCUT2D eigenvalue weighted by molar-refractivity contribution is -0.181. The number of hydrogen-bond acceptors (Lipinski definition) is 10. The fraction of sp³-hybridized carbons (Fsp3) is 0.400. The fourth-order valence-electron chi connectivity index (χ4n) is 8.29. The number of phenolic OH excluding ortho intramolecular Hbond substituents is 1. The minimum Gasteiger partial charge on any atom is -0.507 e. The number of nitrogens with two attached hydrogens (primary N) is 1. The molecule has 2 saturated carbocycles. The van der Waals surface area contributed by atoms with Crippen LogP contribution < -0.4 is 5.73 Å². The van der Waals surface area contributed by atoms with Crippen molar-refractivity contribution < 1.29 is 42.6 Å². The highest BCUT2D eigenvalue weighted by Gasteiger charge is 2.69. The van der Waals surface area contributed by atoms with Crippen LogP contribution in [0.5, 0.6) is 5.75 Å². The van der Waals surface area contributed by atoms with E-state index < -0.39 is 74.2 Å². The molecule has 6 atom stereocenters. The lowest BCUT2D eigenvalue weighted by Crippen LogP contribution is -2.74. The van der Waals surface area contributed by atoms with Gasteiger partial charge >= 0.3 is 0 Å². The van der Waals surface area contributed by atoms with Gasteiger partial charge in [0.1, 0.15) is 5.75 Å². The molecule has 246 valence electrons. The van der Waals surface area contributed by atoms with Crippen LogP contribution in [0.2, 0.25) is 0 Å². The van der Waals surface area contributed by atoms with Gasteiger partial charge in [-0.25, -0.2) is 8.42 Å². The normalized spacial score (nSPS) is 29.1. The zero-order valence-corrected chi connectivity index (χ0v) is 27.3. The number of benzene rings is 2. The van der Waals surface area contributed by atoms with E-state index in [0.29, 0.717) is 33.6 Å². The lowest BCUT2D eigenvalue weighted by atomic mass is 9.52. The van der Waals surface area contributed by atoms with Gasteiger partial charge < -0.3 is 15.9 Å². The van der Waals surface area contributed by atoms with E-state index >= 15 is 0 Å². The zero-order valence-electron chi connectivity index (χ0n) is 26.4. The minimum atomic E-state index is -3.57. The van der Waals surface area contributed by atoms with Crippen molar-refractivity contribution in [1.29, 1.82) is 0 Å². The average Bonchev–Trinajstić information content (AvgIpc) is 3.33. The number of hydrogen-bond donors (Lipinski definition) is 3. The zero-order chi connectivity index (χ0) is 34.3. The Hall–Kier alpha value is -4.26. The summed E-state index contributed by atoms with van der Waals surface area (Å²) in [5.41, 5.74) is 6.31. The van der Waals surface area contributed by atoms with Crippen LogP contribution in [0.1, 0.15) is 48.2 Å². The highest BCUT2D eigenvalue weighted by molar-refractivity contribution is 7.94. The highest BCUT2D eigenvalue weighted by atomic mass is 32.2. The third kappa shape index (κ3) is 4.84. The number of aromatic hydroxyl groups is 1. The molecule has 2 aromatic carbocycles. The van der Waals surface area contributed by atoms with Crippen molar-refractivity contribution in [3.8, 4) is 16.9 Å². The maximum atomic E-state index is 14.0. The average molecular weight is 661 g/mol. The molecule has 6 rings (SSSR count). The summed E-state index contributed by atoms with van der Waals surface area (Å²) < 4.78 is 26.4. The SMILES string of the molecule is CC1=CCC(C)=C1S(=O)(=O)Cc1ccc(-c2ccc(O)c3c2C[C@@H]2C[C@@H]4C(N(C)C)C(=O)C(C(N)=O)C(=O)[C@]4(O)C(=O)C2C3=O)cc1. The molecule has 0 heterocycles. The molecule has 0 aliphatic heterocycles. The number of phenols is 1. The lowest BCUT2D eigenvalue weighted by Gasteiger charge is -2.52. The number of nitrogens with zero attached hydrogens (tertiary/aromatic N) is 1. The van der Waals surface area contributed by atoms with Gasteiger partial charge in [0, 0.05) is 5.92 Å². The van der Waals surface area contributed by atoms with Crippen LogP contribution >= 0.6 is 0 Å². The number of fused-ring (bicyclic) bond motifs is 3. The van der Waals surface area contributed by atoms with Gasteiger partial charge in [-0.3, -0.25) is 28.9 Å². The van der Waals surface area contributed by atoms with Crippen molar-refractivity contribution in [1.82, 2.24) is 4.90 Å². The summed E-state index contributed by atoms with van der Waals surface area (Å²) in [6.07, 6.45) is 2.56. The molecule has 12 heteroatoms. The van der Waals surface area contributed by atoms with E-state index in [1.54, 1.807) is 37.3 Å². The summed E-state index contributed by atoms with van der Waals surface area (Å²) in [5, 5.41) is 22.6. The van der Waals surface area contributed by atoms with Gasteiger partial charge in [0.15, 0.2) is 44.5 Å². The molecule has 47 heavy (non-hydrogen) atoms. The fourth-order valence-corrected chi connectivity index (χ4v) is 10.2. The second-order valence-electron chi connectivity index (χ2n) is 13.4. The van der Waals surface area contributed by atoms with E-state index in [2.05, 4.69) is 0 Å². The van der Waals surface area contributed by atoms with E-state index in [4.69, 9.17) is 5.73 Å². The Labute approximate surface area is 272 Å². The summed E-state index contributed by atoms with van der Waals surface area (Å²) in [5.74, 6) is -11.3. The van der Waals surface area contributed by atoms with Crippen molar-refractivity contribution in [3.63, 3.8) is 0 Å². The van der Waals surface area contributed by atoms with Crippen LogP contribution in [0.25, 0.3) is 11.1 Å². The van der Waals surface area contributed by atoms with Gasteiger partial charge in [-0.15, -0.1) is 0 Å². The van der Waals surface area contributed by atoms with Crippen molar-refractivity contribution in [3.05, 3.63) is 75.2 Å². The van der Waals surface area contributed by atoms with Crippen LogP contribution in [0.15, 0.2) is 58.5 Å². The molecular formula is C35H36N2O9S. The Morgan fingerprint density at radius 2 is 1.68 bits per heavy atom. The number of rotatable bonds is 6. The Kier molecular flexibility index (Phi) is 7.77. The van der Waals surface area contributed by atoms with E-state index in [1.807, 2.05) is 13.0 Å². The van der Waals surface area contributed by atoms with E-state index in [0.717, 1.165) is 11.1 Å². The van der Waals surface area contributed by atoms with Crippen LogP contribution in [0.4, 0.5) is 0 Å². The van der Waals surface area contributed by atoms with E-state index in [9.17, 15) is 42.6 Å². The summed E-state index contributed by atoms with van der Waals surface area (Å²) in [7, 11) is -0.510. The van der Waals surface area contributed by atoms with Crippen LogP contribution in [-0.2, 0) is 41.2 Å². The monoisotopic (exact) mass is 660 g/mol. The van der Waals surface area contributed by atoms with Crippen LogP contribution in [-0.4, -0.2) is 78.3 Å². The van der Waals surface area contributed by atoms with Crippen molar-refractivity contribution in [2.75, 3.05) is 14.1 Å². The molecule has 1 amide bonds. The third-order valence-corrected chi connectivity index (χ3v) is 12.3. The molecule has 0 aromatic heterocycles. The molecule has 0 saturated heterocycles. The van der Waals surface area contributed by atoms with Gasteiger partial charge in [-0.05, 0) is 87.0 Å². The molecule has 2 fully saturated rings. The van der Waals surface area contributed by atoms with Crippen LogP contribution in [0, 0.1) is 23.7 Å². The number of amides is 1. The Morgan fingerprint density at radius 3 is 2.26 bits per heavy atom. The van der Waals surface area contributed by atoms with Gasteiger partial charge in [0.2, 0.25) is 5.91 Å². The number of ketones is 4. The molecule has 2 aromatic rings. The van der Waals surface area contributed by atoms with Crippen molar-refractivity contribution in [2.24, 2.45) is 29.4 Å². The molecule has 0 radical (unpaired) electrons. The number of primary amides is 1. The molecule has 3 unspecified atom stereocenters. The quantitative estimate of drug-likeness (QED) is 0.387. The number of likely N-dealkylation sites (N-methyl/N-ethyl adjacent to an activating group) is 1. The number of carbonyl (C=O) groups is 5. The van der Waals surface area contributed by atoms with E-state index in [-0.39, 0.29) is 29.9 Å². The molecule has 0 spiro atoms. The van der Waals surface area contributed by atoms with Gasteiger partial charge in [-0.2, -0.15) is 0 Å². The highest BCUT2D eigenvalue weighted by Crippen LogP contribution is 2.51. The maximum Gasteiger partial charge on any atom is 0.235 e. The Bertz CT molecular complexity index is 1960. The van der Waals surface area contributed by atoms with Gasteiger partial charge in [0.05, 0.1) is 28.2 Å². The smallest absolute Gasteiger partial charge is 0.235 e. The first-order valence-corrected chi connectivity index (χ1v) is 17.0. The molecule has 11 nitrogen and oxygen atoms in total. The number of Topliss-reactive ketones (excluding diaryl/α,β-unsaturated/α-hetero) is 4. The van der Waals surface area contributed by atoms with Crippen LogP contribution in [0.3, 0.4) is 0 Å². The van der Waals surface area contributed by atoms with Crippen molar-refractivity contribution >= 4 is 38.9 Å². The Balaban J connectivity index is 1.37. The standard InChI is InChI=1S/C35H36N2O9S/c1-16-5-6-17(2)31(16)47(45,46)15-18-7-9-19(10-8-18)21-11-12-24(38)26-22(21)13-20-14-23-28(37(3)4)30(40)27(34(36)43)33(42)35(23,44)32(41)25(20)29(26)39/h5,7-12,20,23,25,27-28,38,44H,6,13-15H2,1-4H3,(H2,36,43)/t20-,23-,25?,27?,28?,35-/m1/s1. The number of carbonyl (C=O) groups excluding carboxylic acids is 5. The van der Waals surface area contributed by atoms with Gasteiger partial charge in [0.25, 0.3) is 0 Å². The largest absolute Gasteiger partial charge is 0.507 e. The first-order valence-electron chi connectivity index (χ1n) is 15.4. The molecule has 4 N–H and O–H groups in total. The van der Waals surface area contributed by atoms with E-state index in [1.165, 1.54) is 25.1 Å². The maximum absolute atomic E-state index is 14.0. The predicted molar refractivity (Wildman–Crippen MR) is 170 cm³/mol. The van der Waals surface area contributed by atoms with Gasteiger partial charge in [-0.1, -0.05) is 42.0 Å². The predicted octanol–water partition coefficient (Wildman–Crippen LogP) is 2.07. The topological polar surface area (TPSA) is 189 Å². The molecule has 4 aliphatic carbocycles. The number of allylic oxidation sites excluding steroid dienone is 3. The third-order valence-electron chi connectivity index (χ3n) is 10.3. The first kappa shape index (κ1) is 32.7. The summed E-state index contributed by atoms with van der Waals surface area (Å²) in [6, 6.07) is 8.66. The molecule has 4 aliphatic rings. The number of sulfone groups is 1. The minimum absolute atomic E-state index is 0.0566. The summed E-state index contributed by atoms with van der Waals surface area (Å²) in [6.45, 7) is 3.60. The second kappa shape index (κ2) is 11.2. The summed E-state index contributed by atoms with van der Waals surface area (Å²) in [4.78, 5) is 68.8.